The van der Waals surface area contributed by atoms with Crippen molar-refractivity contribution in [3.63, 3.8) is 0 Å². The van der Waals surface area contributed by atoms with Crippen LogP contribution < -0.4 is 23.7 Å². The Kier molecular flexibility index (Phi) is 6.57. The number of phenols is 1. The molecule has 5 aliphatic heterocycles. The van der Waals surface area contributed by atoms with Crippen LogP contribution in [0, 0.1) is 0 Å². The van der Waals surface area contributed by atoms with Gasteiger partial charge < -0.3 is 28.8 Å². The third kappa shape index (κ3) is 4.60. The molecule has 0 spiro atoms. The van der Waals surface area contributed by atoms with E-state index < -0.39 is 0 Å². The molecular formula is C36H36N2O6. The minimum Gasteiger partial charge on any atom is -0.504 e. The molecule has 1 N–H and O–H groups in total. The summed E-state index contributed by atoms with van der Waals surface area (Å²) in [4.78, 5) is 4.77. The van der Waals surface area contributed by atoms with Crippen molar-refractivity contribution in [1.82, 2.24) is 9.80 Å². The highest BCUT2D eigenvalue weighted by molar-refractivity contribution is 5.64. The number of benzene rings is 4. The van der Waals surface area contributed by atoms with Crippen LogP contribution in [-0.2, 0) is 25.7 Å². The van der Waals surface area contributed by atoms with Crippen molar-refractivity contribution in [2.45, 2.75) is 37.8 Å². The maximum Gasteiger partial charge on any atom is 0.231 e. The lowest BCUT2D eigenvalue weighted by Crippen LogP contribution is -2.34. The lowest BCUT2D eigenvalue weighted by Gasteiger charge is -2.37. The lowest BCUT2D eigenvalue weighted by molar-refractivity contribution is 0.171. The van der Waals surface area contributed by atoms with E-state index in [1.807, 2.05) is 24.3 Å². The van der Waals surface area contributed by atoms with Gasteiger partial charge in [-0.3, -0.25) is 9.80 Å². The molecule has 44 heavy (non-hydrogen) atoms. The molecule has 4 aromatic rings. The van der Waals surface area contributed by atoms with Crippen LogP contribution in [0.1, 0.15) is 45.5 Å². The number of fused-ring (bicyclic) bond motifs is 3. The number of nitrogens with zero attached hydrogens (tertiary/aromatic N) is 2. The van der Waals surface area contributed by atoms with Crippen molar-refractivity contribution in [2.75, 3.05) is 41.1 Å². The third-order valence-electron chi connectivity index (χ3n) is 9.64. The SMILES string of the molecule is COc1cc2c3cc1Oc1c4c(cc5c1[C@H](Cc1ccc(cc1)Oc1cc(ccc1O)C[C@H]3N(C)CC2)N(C)CC5)OCO4. The summed E-state index contributed by atoms with van der Waals surface area (Å²) in [6, 6.07) is 20.3. The van der Waals surface area contributed by atoms with Crippen molar-refractivity contribution in [2.24, 2.45) is 0 Å². The molecular weight excluding hydrogens is 556 g/mol. The number of hydrogen-bond acceptors (Lipinski definition) is 8. The van der Waals surface area contributed by atoms with Crippen molar-refractivity contribution in [1.29, 1.82) is 0 Å². The van der Waals surface area contributed by atoms with Crippen LogP contribution in [0.25, 0.3) is 0 Å². The van der Waals surface area contributed by atoms with Gasteiger partial charge in [0.05, 0.1) is 7.11 Å². The molecule has 5 aliphatic rings. The maximum atomic E-state index is 10.7. The third-order valence-corrected chi connectivity index (χ3v) is 9.64. The highest BCUT2D eigenvalue weighted by Crippen LogP contribution is 2.53. The fraction of sp³-hybridized carbons (Fsp3) is 0.333. The molecule has 4 aromatic carbocycles. The van der Waals surface area contributed by atoms with E-state index >= 15 is 0 Å². The van der Waals surface area contributed by atoms with Gasteiger partial charge in [0.15, 0.2) is 34.5 Å². The molecule has 0 saturated carbocycles. The average Bonchev–Trinajstić information content (AvgIpc) is 3.50. The predicted molar refractivity (Wildman–Crippen MR) is 166 cm³/mol. The molecule has 0 fully saturated rings. The number of ether oxygens (including phenoxy) is 5. The van der Waals surface area contributed by atoms with Gasteiger partial charge in [-0.05, 0) is 110 Å². The molecule has 0 unspecified atom stereocenters. The van der Waals surface area contributed by atoms with E-state index in [-0.39, 0.29) is 24.6 Å². The Hall–Kier alpha value is -4.40. The second kappa shape index (κ2) is 10.6. The number of likely N-dealkylation sites (N-methyl/N-ethyl adjacent to an activating group) is 2. The van der Waals surface area contributed by atoms with Crippen LogP contribution in [0.2, 0.25) is 0 Å². The summed E-state index contributed by atoms with van der Waals surface area (Å²) in [5.41, 5.74) is 7.03. The molecule has 226 valence electrons. The van der Waals surface area contributed by atoms with E-state index in [0.29, 0.717) is 34.5 Å². The van der Waals surface area contributed by atoms with Crippen LogP contribution in [0.15, 0.2) is 60.7 Å². The van der Waals surface area contributed by atoms with E-state index in [0.717, 1.165) is 55.6 Å². The van der Waals surface area contributed by atoms with Crippen molar-refractivity contribution in [3.8, 4) is 46.0 Å². The van der Waals surface area contributed by atoms with Gasteiger partial charge >= 0.3 is 0 Å². The first-order valence-electron chi connectivity index (χ1n) is 15.3. The van der Waals surface area contributed by atoms with Gasteiger partial charge in [-0.25, -0.2) is 0 Å². The summed E-state index contributed by atoms with van der Waals surface area (Å²) in [5, 5.41) is 10.7. The largest absolute Gasteiger partial charge is 0.504 e. The predicted octanol–water partition coefficient (Wildman–Crippen LogP) is 6.57. The fourth-order valence-corrected chi connectivity index (χ4v) is 7.17. The molecule has 9 rings (SSSR count). The van der Waals surface area contributed by atoms with Gasteiger partial charge in [0.1, 0.15) is 5.75 Å². The summed E-state index contributed by atoms with van der Waals surface area (Å²) in [6.07, 6.45) is 3.31. The summed E-state index contributed by atoms with van der Waals surface area (Å²) < 4.78 is 31.1. The van der Waals surface area contributed by atoms with Crippen molar-refractivity contribution < 1.29 is 28.8 Å². The minimum absolute atomic E-state index is 0.0529. The van der Waals surface area contributed by atoms with Crippen LogP contribution in [0.4, 0.5) is 0 Å². The summed E-state index contributed by atoms with van der Waals surface area (Å²) >= 11 is 0. The van der Waals surface area contributed by atoms with E-state index in [4.69, 9.17) is 23.7 Å². The molecule has 8 nitrogen and oxygen atoms in total. The number of hydrogen-bond donors (Lipinski definition) is 1. The second-order valence-corrected chi connectivity index (χ2v) is 12.3. The first-order valence-corrected chi connectivity index (χ1v) is 15.3. The quantitative estimate of drug-likeness (QED) is 0.266. The average molecular weight is 593 g/mol. The molecule has 8 heteroatoms. The molecule has 0 saturated heterocycles. The Morgan fingerprint density at radius 3 is 2.30 bits per heavy atom. The van der Waals surface area contributed by atoms with Gasteiger partial charge in [0.25, 0.3) is 0 Å². The van der Waals surface area contributed by atoms with Gasteiger partial charge in [-0.15, -0.1) is 0 Å². The smallest absolute Gasteiger partial charge is 0.231 e. The number of rotatable bonds is 1. The Labute approximate surface area is 257 Å². The van der Waals surface area contributed by atoms with Crippen LogP contribution in [0.5, 0.6) is 46.0 Å². The Bertz CT molecular complexity index is 1750. The van der Waals surface area contributed by atoms with Gasteiger partial charge in [-0.1, -0.05) is 18.2 Å². The highest BCUT2D eigenvalue weighted by Gasteiger charge is 2.36. The topological polar surface area (TPSA) is 72.9 Å². The Morgan fingerprint density at radius 1 is 0.727 bits per heavy atom. The zero-order chi connectivity index (χ0) is 29.9. The van der Waals surface area contributed by atoms with E-state index in [2.05, 4.69) is 54.2 Å². The molecule has 2 atom stereocenters. The van der Waals surface area contributed by atoms with Crippen LogP contribution >= 0.6 is 0 Å². The standard InChI is InChI=1S/C36H36N2O6/c1-37-12-10-23-17-31(40-3)32-19-26(23)27(37)15-22-6-9-29(39)30(16-22)43-25-7-4-21(5-8-25)14-28-34-24(11-13-38(28)2)18-33-35(36(34)44-32)42-20-41-33/h4-9,16-19,27-28,39H,10-15,20H2,1-3H3/t27-,28+/m1/s1. The molecule has 0 radical (unpaired) electrons. The number of methoxy groups -OCH3 is 1. The van der Waals surface area contributed by atoms with Crippen molar-refractivity contribution >= 4 is 0 Å². The highest BCUT2D eigenvalue weighted by atomic mass is 16.7. The van der Waals surface area contributed by atoms with Gasteiger partial charge in [0, 0.05) is 30.7 Å². The first-order chi connectivity index (χ1) is 21.4. The minimum atomic E-state index is 0.0529. The monoisotopic (exact) mass is 592 g/mol. The molecule has 0 aromatic heterocycles. The molecule has 5 heterocycles. The van der Waals surface area contributed by atoms with Crippen molar-refractivity contribution in [3.05, 3.63) is 94.0 Å². The van der Waals surface area contributed by atoms with Crippen LogP contribution in [0.3, 0.4) is 0 Å². The molecule has 6 bridgehead atoms. The summed E-state index contributed by atoms with van der Waals surface area (Å²) in [5.74, 6) is 4.69. The maximum absolute atomic E-state index is 10.7. The zero-order valence-electron chi connectivity index (χ0n) is 25.3. The number of phenolic OH excluding ortho intramolecular Hbond substituents is 1. The first kappa shape index (κ1) is 27.2. The van der Waals surface area contributed by atoms with E-state index in [9.17, 15) is 5.11 Å². The van der Waals surface area contributed by atoms with Gasteiger partial charge in [-0.2, -0.15) is 0 Å². The molecule has 0 amide bonds. The Morgan fingerprint density at radius 2 is 1.48 bits per heavy atom. The Balaban J connectivity index is 1.34. The second-order valence-electron chi connectivity index (χ2n) is 12.3. The van der Waals surface area contributed by atoms with Crippen LogP contribution in [-0.4, -0.2) is 56.0 Å². The van der Waals surface area contributed by atoms with E-state index in [1.54, 1.807) is 13.2 Å². The lowest BCUT2D eigenvalue weighted by atomic mass is 9.87. The van der Waals surface area contributed by atoms with E-state index in [1.165, 1.54) is 22.3 Å². The molecule has 0 aliphatic carbocycles. The number of aromatic hydroxyl groups is 1. The fourth-order valence-electron chi connectivity index (χ4n) is 7.17. The van der Waals surface area contributed by atoms with Gasteiger partial charge in [0.2, 0.25) is 12.5 Å². The zero-order valence-corrected chi connectivity index (χ0v) is 25.3. The summed E-state index contributed by atoms with van der Waals surface area (Å²) in [7, 11) is 6.03. The normalized spacial score (nSPS) is 20.6. The summed E-state index contributed by atoms with van der Waals surface area (Å²) in [6.45, 7) is 2.01.